The second kappa shape index (κ2) is 8.48. The Labute approximate surface area is 192 Å². The molecule has 0 bridgehead atoms. The Kier molecular flexibility index (Phi) is 5.38. The third-order valence-electron chi connectivity index (χ3n) is 5.63. The standard InChI is InChI=1S/C27H22ClN3O/c1-18-24(20-13-15-22(32-2)16-14-20)26(28)31-27(29-18)23(17-19-9-5-3-6-10-19)25(30-31)21-11-7-4-8-12-21/h3-16H,17H2,1-2H3. The first-order chi connectivity index (χ1) is 15.7. The van der Waals surface area contributed by atoms with Crippen molar-refractivity contribution < 1.29 is 4.74 Å². The zero-order valence-corrected chi connectivity index (χ0v) is 18.7. The minimum Gasteiger partial charge on any atom is -0.497 e. The monoisotopic (exact) mass is 439 g/mol. The molecule has 4 nitrogen and oxygen atoms in total. The van der Waals surface area contributed by atoms with Gasteiger partial charge in [-0.2, -0.15) is 5.10 Å². The molecule has 0 aliphatic rings. The van der Waals surface area contributed by atoms with Gasteiger partial charge in [-0.1, -0.05) is 84.4 Å². The van der Waals surface area contributed by atoms with E-state index in [9.17, 15) is 0 Å². The van der Waals surface area contributed by atoms with Gasteiger partial charge in [-0.05, 0) is 30.2 Å². The zero-order chi connectivity index (χ0) is 22.1. The highest BCUT2D eigenvalue weighted by molar-refractivity contribution is 6.32. The van der Waals surface area contributed by atoms with Crippen LogP contribution in [0.1, 0.15) is 16.8 Å². The molecule has 0 N–H and O–H groups in total. The maximum absolute atomic E-state index is 6.96. The van der Waals surface area contributed by atoms with Crippen LogP contribution in [0.25, 0.3) is 28.0 Å². The van der Waals surface area contributed by atoms with Gasteiger partial charge in [-0.25, -0.2) is 9.50 Å². The van der Waals surface area contributed by atoms with Crippen LogP contribution in [0.3, 0.4) is 0 Å². The summed E-state index contributed by atoms with van der Waals surface area (Å²) < 4.78 is 7.07. The Balaban J connectivity index is 1.73. The van der Waals surface area contributed by atoms with E-state index in [2.05, 4.69) is 36.4 Å². The number of benzene rings is 3. The number of nitrogens with zero attached hydrogens (tertiary/aromatic N) is 3. The van der Waals surface area contributed by atoms with Crippen LogP contribution >= 0.6 is 11.6 Å². The summed E-state index contributed by atoms with van der Waals surface area (Å²) in [5.41, 5.74) is 7.70. The third-order valence-corrected chi connectivity index (χ3v) is 5.98. The molecule has 0 saturated heterocycles. The van der Waals surface area contributed by atoms with Gasteiger partial charge in [0, 0.05) is 23.1 Å². The summed E-state index contributed by atoms with van der Waals surface area (Å²) in [6, 6.07) is 28.4. The first kappa shape index (κ1) is 20.3. The molecule has 0 radical (unpaired) electrons. The van der Waals surface area contributed by atoms with Crippen LogP contribution in [0, 0.1) is 6.92 Å². The van der Waals surface area contributed by atoms with Gasteiger partial charge in [0.15, 0.2) is 5.65 Å². The Morgan fingerprint density at radius 2 is 1.50 bits per heavy atom. The molecule has 0 saturated carbocycles. The summed E-state index contributed by atoms with van der Waals surface area (Å²) in [7, 11) is 1.66. The topological polar surface area (TPSA) is 39.4 Å². The van der Waals surface area contributed by atoms with E-state index in [1.54, 1.807) is 11.6 Å². The highest BCUT2D eigenvalue weighted by Gasteiger charge is 2.21. The van der Waals surface area contributed by atoms with Crippen LogP contribution in [0.5, 0.6) is 5.75 Å². The first-order valence-corrected chi connectivity index (χ1v) is 10.8. The number of ether oxygens (including phenoxy) is 1. The fourth-order valence-electron chi connectivity index (χ4n) is 4.04. The van der Waals surface area contributed by atoms with E-state index in [-0.39, 0.29) is 0 Å². The van der Waals surface area contributed by atoms with E-state index < -0.39 is 0 Å². The lowest BCUT2D eigenvalue weighted by molar-refractivity contribution is 0.415. The SMILES string of the molecule is COc1ccc(-c2c(C)nc3c(Cc4ccccc4)c(-c4ccccc4)nn3c2Cl)cc1. The van der Waals surface area contributed by atoms with Crippen LogP contribution in [-0.2, 0) is 6.42 Å². The highest BCUT2D eigenvalue weighted by Crippen LogP contribution is 2.35. The molecule has 0 atom stereocenters. The molecule has 0 unspecified atom stereocenters. The normalized spacial score (nSPS) is 11.1. The molecule has 0 amide bonds. The Bertz CT molecular complexity index is 1380. The molecule has 0 fully saturated rings. The summed E-state index contributed by atoms with van der Waals surface area (Å²) >= 11 is 6.96. The van der Waals surface area contributed by atoms with Crippen molar-refractivity contribution in [3.8, 4) is 28.1 Å². The van der Waals surface area contributed by atoms with Gasteiger partial charge in [0.2, 0.25) is 0 Å². The number of halogens is 1. The summed E-state index contributed by atoms with van der Waals surface area (Å²) in [5.74, 6) is 0.798. The van der Waals surface area contributed by atoms with Crippen molar-refractivity contribution >= 4 is 17.2 Å². The van der Waals surface area contributed by atoms with E-state index >= 15 is 0 Å². The number of rotatable bonds is 5. The van der Waals surface area contributed by atoms with Gasteiger partial charge in [0.05, 0.1) is 18.5 Å². The van der Waals surface area contributed by atoms with Crippen molar-refractivity contribution in [3.63, 3.8) is 0 Å². The quantitative estimate of drug-likeness (QED) is 0.289. The summed E-state index contributed by atoms with van der Waals surface area (Å²) in [5, 5.41) is 5.49. The number of hydrogen-bond donors (Lipinski definition) is 0. The van der Waals surface area contributed by atoms with Gasteiger partial charge in [0.25, 0.3) is 0 Å². The second-order valence-corrected chi connectivity index (χ2v) is 8.04. The number of aromatic nitrogens is 3. The van der Waals surface area contributed by atoms with Gasteiger partial charge < -0.3 is 4.74 Å². The Hall–Kier alpha value is -3.63. The fraction of sp³-hybridized carbons (Fsp3) is 0.111. The molecule has 2 heterocycles. The van der Waals surface area contributed by atoms with Crippen LogP contribution in [0.15, 0.2) is 84.9 Å². The lowest BCUT2D eigenvalue weighted by atomic mass is 10.0. The number of hydrogen-bond acceptors (Lipinski definition) is 3. The van der Waals surface area contributed by atoms with Gasteiger partial charge in [0.1, 0.15) is 10.9 Å². The van der Waals surface area contributed by atoms with E-state index in [1.165, 1.54) is 5.56 Å². The molecule has 0 spiro atoms. The molecule has 3 aromatic carbocycles. The molecular formula is C27H22ClN3O. The number of fused-ring (bicyclic) bond motifs is 1. The molecule has 32 heavy (non-hydrogen) atoms. The number of aryl methyl sites for hydroxylation is 1. The first-order valence-electron chi connectivity index (χ1n) is 10.5. The second-order valence-electron chi connectivity index (χ2n) is 7.68. The predicted molar refractivity (Wildman–Crippen MR) is 129 cm³/mol. The maximum atomic E-state index is 6.96. The van der Waals surface area contributed by atoms with Crippen molar-refractivity contribution in [1.29, 1.82) is 0 Å². The van der Waals surface area contributed by atoms with E-state index in [0.29, 0.717) is 5.15 Å². The van der Waals surface area contributed by atoms with E-state index in [0.717, 1.165) is 51.5 Å². The average molecular weight is 440 g/mol. The van der Waals surface area contributed by atoms with E-state index in [1.807, 2.05) is 55.5 Å². The third kappa shape index (κ3) is 3.63. The molecule has 0 aliphatic carbocycles. The van der Waals surface area contributed by atoms with Gasteiger partial charge in [-0.15, -0.1) is 0 Å². The molecule has 158 valence electrons. The fourth-order valence-corrected chi connectivity index (χ4v) is 4.40. The summed E-state index contributed by atoms with van der Waals surface area (Å²) in [4.78, 5) is 4.98. The van der Waals surface area contributed by atoms with Crippen molar-refractivity contribution in [2.24, 2.45) is 0 Å². The lowest BCUT2D eigenvalue weighted by Gasteiger charge is -2.11. The van der Waals surface area contributed by atoms with Crippen molar-refractivity contribution in [2.75, 3.05) is 7.11 Å². The lowest BCUT2D eigenvalue weighted by Crippen LogP contribution is -2.00. The zero-order valence-electron chi connectivity index (χ0n) is 17.9. The summed E-state index contributed by atoms with van der Waals surface area (Å²) in [6.07, 6.45) is 0.721. The average Bonchev–Trinajstić information content (AvgIpc) is 3.19. The molecule has 0 aliphatic heterocycles. The molecule has 2 aromatic heterocycles. The Morgan fingerprint density at radius 1 is 0.844 bits per heavy atom. The van der Waals surface area contributed by atoms with Crippen molar-refractivity contribution in [2.45, 2.75) is 13.3 Å². The summed E-state index contributed by atoms with van der Waals surface area (Å²) in [6.45, 7) is 1.99. The molecule has 5 rings (SSSR count). The van der Waals surface area contributed by atoms with Gasteiger partial charge in [-0.3, -0.25) is 0 Å². The van der Waals surface area contributed by atoms with Crippen molar-refractivity contribution in [1.82, 2.24) is 14.6 Å². The van der Waals surface area contributed by atoms with Crippen LogP contribution in [0.2, 0.25) is 5.15 Å². The maximum Gasteiger partial charge on any atom is 0.161 e. The largest absolute Gasteiger partial charge is 0.497 e. The molecule has 5 aromatic rings. The van der Waals surface area contributed by atoms with Crippen LogP contribution < -0.4 is 4.74 Å². The highest BCUT2D eigenvalue weighted by atomic mass is 35.5. The minimum atomic E-state index is 0.550. The van der Waals surface area contributed by atoms with Gasteiger partial charge >= 0.3 is 0 Å². The van der Waals surface area contributed by atoms with Crippen LogP contribution in [0.4, 0.5) is 0 Å². The Morgan fingerprint density at radius 3 is 2.16 bits per heavy atom. The van der Waals surface area contributed by atoms with Crippen molar-refractivity contribution in [3.05, 3.63) is 107 Å². The molecular weight excluding hydrogens is 418 g/mol. The minimum absolute atomic E-state index is 0.550. The number of methoxy groups -OCH3 is 1. The molecule has 5 heteroatoms. The van der Waals surface area contributed by atoms with E-state index in [4.69, 9.17) is 26.4 Å². The predicted octanol–water partition coefficient (Wildman–Crippen LogP) is 6.62. The van der Waals surface area contributed by atoms with Crippen LogP contribution in [-0.4, -0.2) is 21.7 Å². The smallest absolute Gasteiger partial charge is 0.161 e.